The lowest BCUT2D eigenvalue weighted by atomic mass is 9.79. The first kappa shape index (κ1) is 10.2. The molecule has 1 rings (SSSR count). The van der Waals surface area contributed by atoms with Crippen molar-refractivity contribution < 1.29 is 0 Å². The van der Waals surface area contributed by atoms with E-state index in [1.807, 2.05) is 12.4 Å². The lowest BCUT2D eigenvalue weighted by Crippen LogP contribution is -2.23. The van der Waals surface area contributed by atoms with Gasteiger partial charge in [0, 0.05) is 17.8 Å². The second-order valence-corrected chi connectivity index (χ2v) is 4.36. The van der Waals surface area contributed by atoms with Crippen LogP contribution in [0.3, 0.4) is 0 Å². The lowest BCUT2D eigenvalue weighted by Gasteiger charge is -2.26. The molecule has 0 radical (unpaired) electrons. The minimum Gasteiger partial charge on any atom is -0.268 e. The molecule has 13 heavy (non-hydrogen) atoms. The maximum atomic E-state index is 4.30. The number of rotatable bonds is 1. The summed E-state index contributed by atoms with van der Waals surface area (Å²) in [6.07, 6.45) is 10.6. The van der Waals surface area contributed by atoms with Crippen molar-refractivity contribution in [2.45, 2.75) is 27.7 Å². The van der Waals surface area contributed by atoms with Crippen LogP contribution in [0.5, 0.6) is 0 Å². The topological polar surface area (TPSA) is 12.4 Å². The second-order valence-electron chi connectivity index (χ2n) is 4.36. The van der Waals surface area contributed by atoms with E-state index in [-0.39, 0.29) is 5.41 Å². The van der Waals surface area contributed by atoms with Gasteiger partial charge >= 0.3 is 0 Å². The fourth-order valence-electron chi connectivity index (χ4n) is 1.20. The van der Waals surface area contributed by atoms with E-state index >= 15 is 0 Å². The summed E-state index contributed by atoms with van der Waals surface area (Å²) in [6, 6.07) is 0. The molecule has 2 unspecified atom stereocenters. The van der Waals surface area contributed by atoms with Gasteiger partial charge in [-0.15, -0.1) is 0 Å². The van der Waals surface area contributed by atoms with Gasteiger partial charge in [-0.3, -0.25) is 4.99 Å². The second kappa shape index (κ2) is 3.91. The summed E-state index contributed by atoms with van der Waals surface area (Å²) in [5.41, 5.74) is 0.110. The molecule has 1 aliphatic heterocycles. The molecule has 0 bridgehead atoms. The largest absolute Gasteiger partial charge is 0.268 e. The molecule has 1 nitrogen and oxygen atoms in total. The Morgan fingerprint density at radius 1 is 1.31 bits per heavy atom. The first-order chi connectivity index (χ1) is 6.04. The van der Waals surface area contributed by atoms with Crippen LogP contribution in [0.4, 0.5) is 0 Å². The molecule has 0 aromatic carbocycles. The fraction of sp³-hybridized carbons (Fsp3) is 0.583. The van der Waals surface area contributed by atoms with Crippen LogP contribution in [-0.2, 0) is 0 Å². The Morgan fingerprint density at radius 3 is 2.62 bits per heavy atom. The standard InChI is InChI=1S/C12H19N/c1-10(2)12(4)7-5-11(3)6-8-13-9-12/h5-11H,1-4H3/b7-5-,8-6-,13-9?. The number of aliphatic imine (C=N–C) groups is 1. The van der Waals surface area contributed by atoms with Gasteiger partial charge in [-0.05, 0) is 11.8 Å². The van der Waals surface area contributed by atoms with Crippen molar-refractivity contribution in [3.63, 3.8) is 0 Å². The average molecular weight is 177 g/mol. The van der Waals surface area contributed by atoms with E-state index in [1.165, 1.54) is 0 Å². The molecule has 1 heteroatoms. The van der Waals surface area contributed by atoms with Crippen molar-refractivity contribution in [1.82, 2.24) is 0 Å². The number of hydrogen-bond donors (Lipinski definition) is 0. The Morgan fingerprint density at radius 2 is 2.00 bits per heavy atom. The highest BCUT2D eigenvalue weighted by molar-refractivity contribution is 5.69. The molecule has 1 heterocycles. The summed E-state index contributed by atoms with van der Waals surface area (Å²) in [4.78, 5) is 4.30. The summed E-state index contributed by atoms with van der Waals surface area (Å²) in [5.74, 6) is 1.08. The Hall–Kier alpha value is -0.850. The van der Waals surface area contributed by atoms with Crippen LogP contribution in [0.1, 0.15) is 27.7 Å². The molecule has 0 fully saturated rings. The highest BCUT2D eigenvalue weighted by atomic mass is 14.7. The van der Waals surface area contributed by atoms with Crippen LogP contribution in [-0.4, -0.2) is 6.21 Å². The summed E-state index contributed by atoms with van der Waals surface area (Å²) < 4.78 is 0. The summed E-state index contributed by atoms with van der Waals surface area (Å²) in [6.45, 7) is 8.86. The van der Waals surface area contributed by atoms with Gasteiger partial charge in [0.05, 0.1) is 0 Å². The van der Waals surface area contributed by atoms with Crippen molar-refractivity contribution in [3.05, 3.63) is 24.4 Å². The van der Waals surface area contributed by atoms with Gasteiger partial charge in [-0.2, -0.15) is 0 Å². The van der Waals surface area contributed by atoms with E-state index in [4.69, 9.17) is 0 Å². The number of allylic oxidation sites excluding steroid dienone is 3. The SMILES string of the molecule is CC1/C=C\N=CC(C)(C(C)C)/C=C\1. The highest BCUT2D eigenvalue weighted by Crippen LogP contribution is 2.28. The van der Waals surface area contributed by atoms with Crippen LogP contribution in [0.25, 0.3) is 0 Å². The smallest absolute Gasteiger partial charge is 0.0230 e. The van der Waals surface area contributed by atoms with Crippen LogP contribution in [0, 0.1) is 17.3 Å². The van der Waals surface area contributed by atoms with Crippen molar-refractivity contribution in [1.29, 1.82) is 0 Å². The van der Waals surface area contributed by atoms with Gasteiger partial charge < -0.3 is 0 Å². The molecule has 0 aliphatic carbocycles. The van der Waals surface area contributed by atoms with E-state index in [9.17, 15) is 0 Å². The third-order valence-corrected chi connectivity index (χ3v) is 2.83. The van der Waals surface area contributed by atoms with Crippen LogP contribution >= 0.6 is 0 Å². The summed E-state index contributed by atoms with van der Waals surface area (Å²) in [5, 5.41) is 0. The minimum atomic E-state index is 0.110. The molecule has 0 aromatic heterocycles. The molecule has 0 saturated carbocycles. The Labute approximate surface area is 81.3 Å². The van der Waals surface area contributed by atoms with Crippen molar-refractivity contribution in [2.75, 3.05) is 0 Å². The molecule has 0 saturated heterocycles. The first-order valence-electron chi connectivity index (χ1n) is 4.95. The fourth-order valence-corrected chi connectivity index (χ4v) is 1.20. The third-order valence-electron chi connectivity index (χ3n) is 2.83. The molecular formula is C12H19N. The predicted octanol–water partition coefficient (Wildman–Crippen LogP) is 3.44. The van der Waals surface area contributed by atoms with E-state index < -0.39 is 0 Å². The quantitative estimate of drug-likeness (QED) is 0.544. The molecule has 0 N–H and O–H groups in total. The Bertz CT molecular complexity index is 248. The van der Waals surface area contributed by atoms with E-state index in [0.717, 1.165) is 0 Å². The number of hydrogen-bond acceptors (Lipinski definition) is 1. The molecule has 0 aromatic rings. The molecule has 2 atom stereocenters. The maximum Gasteiger partial charge on any atom is 0.0230 e. The molecule has 72 valence electrons. The lowest BCUT2D eigenvalue weighted by molar-refractivity contribution is 0.421. The monoisotopic (exact) mass is 177 g/mol. The summed E-state index contributed by atoms with van der Waals surface area (Å²) >= 11 is 0. The zero-order valence-electron chi connectivity index (χ0n) is 8.99. The van der Waals surface area contributed by atoms with Gasteiger partial charge in [0.15, 0.2) is 0 Å². The first-order valence-corrected chi connectivity index (χ1v) is 4.95. The average Bonchev–Trinajstić information content (AvgIpc) is 2.06. The highest BCUT2D eigenvalue weighted by Gasteiger charge is 2.23. The maximum absolute atomic E-state index is 4.30. The van der Waals surface area contributed by atoms with Gasteiger partial charge in [0.1, 0.15) is 0 Å². The van der Waals surface area contributed by atoms with Crippen molar-refractivity contribution in [3.8, 4) is 0 Å². The Balaban J connectivity index is 2.94. The van der Waals surface area contributed by atoms with Gasteiger partial charge in [-0.1, -0.05) is 45.9 Å². The normalized spacial score (nSPS) is 38.4. The van der Waals surface area contributed by atoms with E-state index in [2.05, 4.69) is 50.9 Å². The number of nitrogens with zero attached hydrogens (tertiary/aromatic N) is 1. The predicted molar refractivity (Wildman–Crippen MR) is 58.9 cm³/mol. The van der Waals surface area contributed by atoms with Gasteiger partial charge in [-0.25, -0.2) is 0 Å². The minimum absolute atomic E-state index is 0.110. The zero-order chi connectivity index (χ0) is 9.90. The van der Waals surface area contributed by atoms with Gasteiger partial charge in [0.25, 0.3) is 0 Å². The van der Waals surface area contributed by atoms with Crippen molar-refractivity contribution in [2.24, 2.45) is 22.2 Å². The zero-order valence-corrected chi connectivity index (χ0v) is 8.99. The van der Waals surface area contributed by atoms with E-state index in [0.29, 0.717) is 11.8 Å². The molecule has 0 spiro atoms. The van der Waals surface area contributed by atoms with Crippen molar-refractivity contribution >= 4 is 6.21 Å². The molecular weight excluding hydrogens is 158 g/mol. The Kier molecular flexibility index (Phi) is 3.07. The van der Waals surface area contributed by atoms with Gasteiger partial charge in [0.2, 0.25) is 0 Å². The van der Waals surface area contributed by atoms with Crippen LogP contribution in [0.2, 0.25) is 0 Å². The summed E-state index contributed by atoms with van der Waals surface area (Å²) in [7, 11) is 0. The van der Waals surface area contributed by atoms with Crippen LogP contribution < -0.4 is 0 Å². The third kappa shape index (κ3) is 2.55. The van der Waals surface area contributed by atoms with Crippen LogP contribution in [0.15, 0.2) is 29.4 Å². The molecule has 0 amide bonds. The molecule has 1 aliphatic rings. The van der Waals surface area contributed by atoms with E-state index in [1.54, 1.807) is 0 Å².